The number of aromatic amines is 2. The summed E-state index contributed by atoms with van der Waals surface area (Å²) in [6.45, 7) is 1.89. The topological polar surface area (TPSA) is 143 Å². The lowest BCUT2D eigenvalue weighted by Crippen LogP contribution is -2.14. The van der Waals surface area contributed by atoms with Gasteiger partial charge in [0.1, 0.15) is 23.4 Å². The number of aryl methyl sites for hydroxylation is 1. The smallest absolute Gasteiger partial charge is 0.228 e. The summed E-state index contributed by atoms with van der Waals surface area (Å²) >= 11 is 0. The molecule has 0 fully saturated rings. The van der Waals surface area contributed by atoms with Gasteiger partial charge in [0.15, 0.2) is 17.3 Å². The summed E-state index contributed by atoms with van der Waals surface area (Å²) in [5.74, 6) is 0.223. The molecule has 0 aliphatic heterocycles. The zero-order chi connectivity index (χ0) is 27.9. The van der Waals surface area contributed by atoms with Crippen molar-refractivity contribution < 1.29 is 9.18 Å². The van der Waals surface area contributed by atoms with Crippen LogP contribution in [0.4, 0.5) is 10.1 Å². The molecule has 11 nitrogen and oxygen atoms in total. The van der Waals surface area contributed by atoms with E-state index in [0.717, 1.165) is 11.3 Å². The number of nitrogens with zero attached hydrogens (tertiary/aromatic N) is 7. The van der Waals surface area contributed by atoms with E-state index in [0.29, 0.717) is 39.6 Å². The van der Waals surface area contributed by atoms with E-state index in [-0.39, 0.29) is 28.9 Å². The minimum atomic E-state index is -0.544. The highest BCUT2D eigenvalue weighted by Gasteiger charge is 2.21. The van der Waals surface area contributed by atoms with Gasteiger partial charge in [-0.3, -0.25) is 19.4 Å². The molecule has 41 heavy (non-hydrogen) atoms. The van der Waals surface area contributed by atoms with E-state index in [4.69, 9.17) is 4.98 Å². The van der Waals surface area contributed by atoms with Crippen LogP contribution in [-0.2, 0) is 11.2 Å². The number of imidazole rings is 2. The highest BCUT2D eigenvalue weighted by atomic mass is 19.1. The van der Waals surface area contributed by atoms with Gasteiger partial charge in [-0.05, 0) is 24.6 Å². The molecule has 200 valence electrons. The van der Waals surface area contributed by atoms with Crippen LogP contribution in [0.1, 0.15) is 11.3 Å². The van der Waals surface area contributed by atoms with Gasteiger partial charge in [0.2, 0.25) is 5.91 Å². The lowest BCUT2D eigenvalue weighted by Gasteiger charge is -2.08. The molecule has 7 rings (SSSR count). The van der Waals surface area contributed by atoms with Gasteiger partial charge in [-0.1, -0.05) is 30.3 Å². The average Bonchev–Trinajstić information content (AvgIpc) is 3.72. The Morgan fingerprint density at radius 1 is 1.07 bits per heavy atom. The van der Waals surface area contributed by atoms with E-state index >= 15 is 4.39 Å². The van der Waals surface area contributed by atoms with Crippen LogP contribution in [0.2, 0.25) is 0 Å². The fourth-order valence-corrected chi connectivity index (χ4v) is 4.73. The Morgan fingerprint density at radius 3 is 2.78 bits per heavy atom. The Labute approximate surface area is 231 Å². The van der Waals surface area contributed by atoms with Gasteiger partial charge in [0.05, 0.1) is 34.9 Å². The van der Waals surface area contributed by atoms with Gasteiger partial charge in [-0.15, -0.1) is 0 Å². The van der Waals surface area contributed by atoms with Crippen molar-refractivity contribution in [2.75, 3.05) is 5.32 Å². The van der Waals surface area contributed by atoms with Gasteiger partial charge in [0, 0.05) is 35.9 Å². The molecule has 0 spiro atoms. The summed E-state index contributed by atoms with van der Waals surface area (Å²) in [4.78, 5) is 37.8. The number of anilines is 1. The van der Waals surface area contributed by atoms with Crippen LogP contribution >= 0.6 is 0 Å². The van der Waals surface area contributed by atoms with Gasteiger partial charge < -0.3 is 10.3 Å². The summed E-state index contributed by atoms with van der Waals surface area (Å²) in [6, 6.07) is 12.9. The highest BCUT2D eigenvalue weighted by molar-refractivity contribution is 5.96. The normalized spacial score (nSPS) is 11.4. The molecule has 0 aliphatic rings. The van der Waals surface area contributed by atoms with Crippen molar-refractivity contribution in [2.24, 2.45) is 0 Å². The van der Waals surface area contributed by atoms with Crippen molar-refractivity contribution >= 4 is 33.7 Å². The molecule has 0 atom stereocenters. The second-order valence-corrected chi connectivity index (χ2v) is 9.49. The Hall–Kier alpha value is -5.78. The largest absolute Gasteiger partial charge is 0.336 e. The average molecular weight is 545 g/mol. The van der Waals surface area contributed by atoms with E-state index in [1.54, 1.807) is 29.2 Å². The summed E-state index contributed by atoms with van der Waals surface area (Å²) in [5, 5.41) is 10.1. The van der Waals surface area contributed by atoms with Crippen LogP contribution in [0.25, 0.3) is 50.5 Å². The number of fused-ring (bicyclic) bond motifs is 2. The number of halogens is 1. The number of benzene rings is 1. The van der Waals surface area contributed by atoms with E-state index < -0.39 is 5.82 Å². The molecule has 1 aromatic carbocycles. The first-order valence-corrected chi connectivity index (χ1v) is 12.7. The summed E-state index contributed by atoms with van der Waals surface area (Å²) < 4.78 is 17.9. The first-order valence-electron chi connectivity index (χ1n) is 12.7. The highest BCUT2D eigenvalue weighted by Crippen LogP contribution is 2.33. The Kier molecular flexibility index (Phi) is 5.78. The second-order valence-electron chi connectivity index (χ2n) is 9.49. The summed E-state index contributed by atoms with van der Waals surface area (Å²) in [6.07, 6.45) is 9.82. The molecule has 6 aromatic heterocycles. The second kappa shape index (κ2) is 9.75. The van der Waals surface area contributed by atoms with Gasteiger partial charge >= 0.3 is 0 Å². The first-order chi connectivity index (χ1) is 20.0. The number of hydrogen-bond donors (Lipinski definition) is 3. The first kappa shape index (κ1) is 24.3. The van der Waals surface area contributed by atoms with Gasteiger partial charge in [-0.2, -0.15) is 5.10 Å². The van der Waals surface area contributed by atoms with E-state index in [2.05, 4.69) is 40.4 Å². The maximum absolute atomic E-state index is 16.1. The van der Waals surface area contributed by atoms with Crippen LogP contribution in [0.5, 0.6) is 0 Å². The van der Waals surface area contributed by atoms with E-state index in [9.17, 15) is 4.79 Å². The maximum atomic E-state index is 16.1. The third-order valence-electron chi connectivity index (χ3n) is 6.63. The zero-order valence-electron chi connectivity index (χ0n) is 21.6. The standard InChI is InChI=1S/C29H21FN10O/c1-16-14-40(15-34-16)29-25-21(7-8-32-29)36-28(37-25)26-23-24(30)20(13-33-27(23)39-38-26)18-10-19(12-31-11-18)35-22(41)9-17-5-3-2-4-6-17/h2-8,10-15H,9H2,1H3,(H,35,41)(H,36,37)(H,33,38,39). The molecule has 0 saturated heterocycles. The fourth-order valence-electron chi connectivity index (χ4n) is 4.73. The maximum Gasteiger partial charge on any atom is 0.228 e. The number of carbonyl (C=O) groups is 1. The van der Waals surface area contributed by atoms with Crippen molar-refractivity contribution in [1.29, 1.82) is 0 Å². The number of amides is 1. The van der Waals surface area contributed by atoms with Crippen LogP contribution in [0.3, 0.4) is 0 Å². The molecule has 6 heterocycles. The summed E-state index contributed by atoms with van der Waals surface area (Å²) in [7, 11) is 0. The van der Waals surface area contributed by atoms with Crippen molar-refractivity contribution in [3.05, 3.63) is 96.9 Å². The van der Waals surface area contributed by atoms with Crippen LogP contribution in [0, 0.1) is 12.7 Å². The minimum Gasteiger partial charge on any atom is -0.336 e. The predicted octanol–water partition coefficient (Wildman–Crippen LogP) is 4.77. The van der Waals surface area contributed by atoms with E-state index in [1.807, 2.05) is 43.5 Å². The minimum absolute atomic E-state index is 0.174. The third-order valence-corrected chi connectivity index (χ3v) is 6.63. The molecular formula is C29H21FN10O. The number of hydrogen-bond acceptors (Lipinski definition) is 7. The Balaban J connectivity index is 1.24. The van der Waals surface area contributed by atoms with E-state index in [1.165, 1.54) is 18.6 Å². The van der Waals surface area contributed by atoms with Crippen molar-refractivity contribution in [3.63, 3.8) is 0 Å². The number of aromatic nitrogens is 9. The third kappa shape index (κ3) is 4.46. The number of nitrogens with one attached hydrogen (secondary N) is 3. The predicted molar refractivity (Wildman–Crippen MR) is 151 cm³/mol. The molecule has 0 saturated carbocycles. The zero-order valence-corrected chi connectivity index (χ0v) is 21.6. The number of rotatable bonds is 6. The molecule has 12 heteroatoms. The molecule has 0 radical (unpaired) electrons. The van der Waals surface area contributed by atoms with Crippen molar-refractivity contribution in [2.45, 2.75) is 13.3 Å². The number of H-pyrrole nitrogens is 2. The SMILES string of the molecule is Cc1cn(-c2nccc3[nH]c(-c4[nH]nc5ncc(-c6cncc(NC(=O)Cc7ccccc7)c6)c(F)c45)nc23)cn1. The molecule has 7 aromatic rings. The van der Waals surface area contributed by atoms with Crippen molar-refractivity contribution in [3.8, 4) is 28.5 Å². The van der Waals surface area contributed by atoms with Crippen LogP contribution < -0.4 is 5.32 Å². The number of carbonyl (C=O) groups excluding carboxylic acids is 1. The Morgan fingerprint density at radius 2 is 1.95 bits per heavy atom. The lowest BCUT2D eigenvalue weighted by atomic mass is 10.1. The Bertz CT molecular complexity index is 2060. The van der Waals surface area contributed by atoms with Crippen molar-refractivity contribution in [1.82, 2.24) is 44.7 Å². The van der Waals surface area contributed by atoms with Gasteiger partial charge in [-0.25, -0.2) is 24.3 Å². The molecule has 1 amide bonds. The molecule has 0 aliphatic carbocycles. The quantitative estimate of drug-likeness (QED) is 0.274. The lowest BCUT2D eigenvalue weighted by molar-refractivity contribution is -0.115. The molecular weight excluding hydrogens is 523 g/mol. The monoisotopic (exact) mass is 544 g/mol. The van der Waals surface area contributed by atoms with Crippen LogP contribution in [-0.4, -0.2) is 50.6 Å². The number of pyridine rings is 3. The molecule has 3 N–H and O–H groups in total. The fraction of sp³-hybridized carbons (Fsp3) is 0.0690. The van der Waals surface area contributed by atoms with Crippen LogP contribution in [0.15, 0.2) is 79.8 Å². The summed E-state index contributed by atoms with van der Waals surface area (Å²) in [5.41, 5.74) is 4.68. The molecule has 0 bridgehead atoms. The van der Waals surface area contributed by atoms with Gasteiger partial charge in [0.25, 0.3) is 0 Å². The molecule has 0 unspecified atom stereocenters.